The van der Waals surface area contributed by atoms with Crippen LogP contribution < -0.4 is 4.90 Å². The van der Waals surface area contributed by atoms with Crippen molar-refractivity contribution in [1.29, 1.82) is 0 Å². The van der Waals surface area contributed by atoms with Gasteiger partial charge in [0.05, 0.1) is 17.3 Å². The SMILES string of the molecule is CCCN(C)c1c(Cl)cccc1CO. The molecule has 0 saturated heterocycles. The second-order valence-corrected chi connectivity index (χ2v) is 3.73. The minimum atomic E-state index is 0.0317. The molecular formula is C11H16ClNO. The van der Waals surface area contributed by atoms with Crippen molar-refractivity contribution >= 4 is 17.3 Å². The van der Waals surface area contributed by atoms with Crippen molar-refractivity contribution in [3.8, 4) is 0 Å². The lowest BCUT2D eigenvalue weighted by molar-refractivity contribution is 0.282. The van der Waals surface area contributed by atoms with Crippen molar-refractivity contribution in [2.24, 2.45) is 0 Å². The maximum absolute atomic E-state index is 9.17. The topological polar surface area (TPSA) is 23.5 Å². The van der Waals surface area contributed by atoms with Gasteiger partial charge in [0, 0.05) is 19.2 Å². The van der Waals surface area contributed by atoms with Crippen LogP contribution in [0, 0.1) is 0 Å². The zero-order valence-electron chi connectivity index (χ0n) is 8.63. The molecule has 0 amide bonds. The lowest BCUT2D eigenvalue weighted by atomic mass is 10.1. The van der Waals surface area contributed by atoms with E-state index in [2.05, 4.69) is 11.8 Å². The van der Waals surface area contributed by atoms with Gasteiger partial charge in [-0.3, -0.25) is 0 Å². The zero-order valence-corrected chi connectivity index (χ0v) is 9.38. The van der Waals surface area contributed by atoms with E-state index in [4.69, 9.17) is 11.6 Å². The third-order valence-electron chi connectivity index (χ3n) is 2.18. The molecule has 78 valence electrons. The molecule has 0 aromatic heterocycles. The molecule has 1 aromatic carbocycles. The van der Waals surface area contributed by atoms with Crippen LogP contribution in [0.3, 0.4) is 0 Å². The van der Waals surface area contributed by atoms with Crippen molar-refractivity contribution in [2.75, 3.05) is 18.5 Å². The van der Waals surface area contributed by atoms with Gasteiger partial charge in [-0.15, -0.1) is 0 Å². The van der Waals surface area contributed by atoms with E-state index in [9.17, 15) is 5.11 Å². The summed E-state index contributed by atoms with van der Waals surface area (Å²) in [5.74, 6) is 0. The van der Waals surface area contributed by atoms with Crippen molar-refractivity contribution in [1.82, 2.24) is 0 Å². The largest absolute Gasteiger partial charge is 0.392 e. The fourth-order valence-corrected chi connectivity index (χ4v) is 1.90. The Balaban J connectivity index is 3.03. The van der Waals surface area contributed by atoms with Crippen LogP contribution in [0.5, 0.6) is 0 Å². The molecule has 0 atom stereocenters. The molecule has 0 fully saturated rings. The summed E-state index contributed by atoms with van der Waals surface area (Å²) in [7, 11) is 1.99. The second kappa shape index (κ2) is 5.23. The number of hydrogen-bond acceptors (Lipinski definition) is 2. The molecule has 1 aromatic rings. The Bertz CT molecular complexity index is 301. The first-order valence-electron chi connectivity index (χ1n) is 4.80. The summed E-state index contributed by atoms with van der Waals surface area (Å²) in [5, 5.41) is 9.88. The van der Waals surface area contributed by atoms with Crippen LogP contribution in [0.25, 0.3) is 0 Å². The van der Waals surface area contributed by atoms with E-state index in [0.717, 1.165) is 24.2 Å². The van der Waals surface area contributed by atoms with Gasteiger partial charge in [-0.2, -0.15) is 0 Å². The number of benzene rings is 1. The van der Waals surface area contributed by atoms with Crippen LogP contribution in [0.1, 0.15) is 18.9 Å². The zero-order chi connectivity index (χ0) is 10.6. The summed E-state index contributed by atoms with van der Waals surface area (Å²) in [6.07, 6.45) is 1.06. The normalized spacial score (nSPS) is 10.3. The van der Waals surface area contributed by atoms with Gasteiger partial charge in [-0.1, -0.05) is 30.7 Å². The standard InChI is InChI=1S/C11H16ClNO/c1-3-7-13(2)11-9(8-14)5-4-6-10(11)12/h4-6,14H,3,7-8H2,1-2H3. The van der Waals surface area contributed by atoms with E-state index in [0.29, 0.717) is 5.02 Å². The second-order valence-electron chi connectivity index (χ2n) is 3.33. The van der Waals surface area contributed by atoms with Gasteiger partial charge in [-0.25, -0.2) is 0 Å². The smallest absolute Gasteiger partial charge is 0.0702 e. The molecule has 0 spiro atoms. The molecular weight excluding hydrogens is 198 g/mol. The predicted octanol–water partition coefficient (Wildman–Crippen LogP) is 2.68. The average molecular weight is 214 g/mol. The number of para-hydroxylation sites is 1. The molecule has 0 heterocycles. The number of aliphatic hydroxyl groups is 1. The third-order valence-corrected chi connectivity index (χ3v) is 2.49. The molecule has 1 rings (SSSR count). The third kappa shape index (κ3) is 2.40. The van der Waals surface area contributed by atoms with E-state index in [1.807, 2.05) is 25.2 Å². The van der Waals surface area contributed by atoms with Gasteiger partial charge in [0.2, 0.25) is 0 Å². The molecule has 0 radical (unpaired) electrons. The van der Waals surface area contributed by atoms with Crippen molar-refractivity contribution in [2.45, 2.75) is 20.0 Å². The molecule has 0 aliphatic carbocycles. The molecule has 2 nitrogen and oxygen atoms in total. The Hall–Kier alpha value is -0.730. The molecule has 0 unspecified atom stereocenters. The predicted molar refractivity (Wildman–Crippen MR) is 60.9 cm³/mol. The van der Waals surface area contributed by atoms with Crippen molar-refractivity contribution in [3.05, 3.63) is 28.8 Å². The first kappa shape index (κ1) is 11.3. The van der Waals surface area contributed by atoms with Crippen LogP contribution in [0.2, 0.25) is 5.02 Å². The minimum absolute atomic E-state index is 0.0317. The monoisotopic (exact) mass is 213 g/mol. The van der Waals surface area contributed by atoms with E-state index >= 15 is 0 Å². The number of halogens is 1. The van der Waals surface area contributed by atoms with E-state index in [1.54, 1.807) is 0 Å². The first-order chi connectivity index (χ1) is 6.70. The first-order valence-corrected chi connectivity index (χ1v) is 5.17. The van der Waals surface area contributed by atoms with Crippen LogP contribution in [0.4, 0.5) is 5.69 Å². The van der Waals surface area contributed by atoms with Crippen LogP contribution >= 0.6 is 11.6 Å². The van der Waals surface area contributed by atoms with Crippen LogP contribution in [0.15, 0.2) is 18.2 Å². The van der Waals surface area contributed by atoms with Gasteiger partial charge in [0.1, 0.15) is 0 Å². The van der Waals surface area contributed by atoms with E-state index in [-0.39, 0.29) is 6.61 Å². The maximum Gasteiger partial charge on any atom is 0.0702 e. The summed E-state index contributed by atoms with van der Waals surface area (Å²) in [6.45, 7) is 3.09. The van der Waals surface area contributed by atoms with Crippen molar-refractivity contribution < 1.29 is 5.11 Å². The highest BCUT2D eigenvalue weighted by atomic mass is 35.5. The van der Waals surface area contributed by atoms with Gasteiger partial charge < -0.3 is 10.0 Å². The number of hydrogen-bond donors (Lipinski definition) is 1. The van der Waals surface area contributed by atoms with Gasteiger partial charge in [-0.05, 0) is 12.5 Å². The number of aliphatic hydroxyl groups excluding tert-OH is 1. The highest BCUT2D eigenvalue weighted by molar-refractivity contribution is 6.33. The fraction of sp³-hybridized carbons (Fsp3) is 0.455. The molecule has 1 N–H and O–H groups in total. The minimum Gasteiger partial charge on any atom is -0.392 e. The Morgan fingerprint density at radius 1 is 1.43 bits per heavy atom. The maximum atomic E-state index is 9.17. The van der Waals surface area contributed by atoms with Crippen molar-refractivity contribution in [3.63, 3.8) is 0 Å². The molecule has 14 heavy (non-hydrogen) atoms. The van der Waals surface area contributed by atoms with Gasteiger partial charge in [0.15, 0.2) is 0 Å². The van der Waals surface area contributed by atoms with E-state index < -0.39 is 0 Å². The lowest BCUT2D eigenvalue weighted by Gasteiger charge is -2.22. The molecule has 0 aliphatic heterocycles. The summed E-state index contributed by atoms with van der Waals surface area (Å²) in [6, 6.07) is 5.60. The summed E-state index contributed by atoms with van der Waals surface area (Å²) in [4.78, 5) is 2.08. The van der Waals surface area contributed by atoms with E-state index in [1.165, 1.54) is 0 Å². The average Bonchev–Trinajstić information content (AvgIpc) is 2.17. The highest BCUT2D eigenvalue weighted by Gasteiger charge is 2.09. The molecule has 0 bridgehead atoms. The summed E-state index contributed by atoms with van der Waals surface area (Å²) in [5.41, 5.74) is 1.83. The molecule has 0 aliphatic rings. The quantitative estimate of drug-likeness (QED) is 0.832. The Kier molecular flexibility index (Phi) is 4.23. The van der Waals surface area contributed by atoms with Gasteiger partial charge in [0.25, 0.3) is 0 Å². The molecule has 0 saturated carbocycles. The Morgan fingerprint density at radius 3 is 2.71 bits per heavy atom. The number of anilines is 1. The summed E-state index contributed by atoms with van der Waals surface area (Å²) >= 11 is 6.09. The Labute approximate surface area is 90.1 Å². The number of nitrogens with zero attached hydrogens (tertiary/aromatic N) is 1. The molecule has 3 heteroatoms. The number of rotatable bonds is 4. The fourth-order valence-electron chi connectivity index (χ4n) is 1.56. The van der Waals surface area contributed by atoms with Crippen LogP contribution in [-0.2, 0) is 6.61 Å². The summed E-state index contributed by atoms with van der Waals surface area (Å²) < 4.78 is 0. The van der Waals surface area contributed by atoms with Crippen LogP contribution in [-0.4, -0.2) is 18.7 Å². The lowest BCUT2D eigenvalue weighted by Crippen LogP contribution is -2.19. The van der Waals surface area contributed by atoms with Gasteiger partial charge >= 0.3 is 0 Å². The highest BCUT2D eigenvalue weighted by Crippen LogP contribution is 2.29. The Morgan fingerprint density at radius 2 is 2.14 bits per heavy atom.